The van der Waals surface area contributed by atoms with Gasteiger partial charge in [-0.1, -0.05) is 12.1 Å². The van der Waals surface area contributed by atoms with Gasteiger partial charge in [-0.2, -0.15) is 0 Å². The van der Waals surface area contributed by atoms with Crippen LogP contribution in [0.25, 0.3) is 0 Å². The topological polar surface area (TPSA) is 52.6 Å². The molecule has 2 N–H and O–H groups in total. The number of aromatic nitrogens is 1. The van der Waals surface area contributed by atoms with Crippen molar-refractivity contribution in [3.63, 3.8) is 0 Å². The molecule has 6 heteroatoms. The number of benzene rings is 1. The Hall–Kier alpha value is -2.08. The summed E-state index contributed by atoms with van der Waals surface area (Å²) in [7, 11) is 5.87. The third-order valence-corrected chi connectivity index (χ3v) is 4.66. The van der Waals surface area contributed by atoms with Gasteiger partial charge in [0.1, 0.15) is 5.01 Å². The Morgan fingerprint density at radius 1 is 1.22 bits per heavy atom. The van der Waals surface area contributed by atoms with Crippen LogP contribution in [0, 0.1) is 13.8 Å². The zero-order valence-electron chi connectivity index (χ0n) is 14.5. The average molecular weight is 331 g/mol. The molecule has 0 saturated heterocycles. The number of hydrogen-bond donors (Lipinski definition) is 2. The number of thiazole rings is 1. The number of rotatable bonds is 5. The smallest absolute Gasteiger partial charge is 0.191 e. The van der Waals surface area contributed by atoms with Crippen LogP contribution in [0.5, 0.6) is 0 Å². The zero-order chi connectivity index (χ0) is 16.8. The second kappa shape index (κ2) is 7.97. The van der Waals surface area contributed by atoms with Crippen molar-refractivity contribution in [2.45, 2.75) is 26.9 Å². The van der Waals surface area contributed by atoms with Crippen molar-refractivity contribution < 1.29 is 0 Å². The third kappa shape index (κ3) is 4.96. The van der Waals surface area contributed by atoms with Crippen LogP contribution in [0.2, 0.25) is 0 Å². The summed E-state index contributed by atoms with van der Waals surface area (Å²) >= 11 is 1.72. The van der Waals surface area contributed by atoms with Crippen LogP contribution in [0.1, 0.15) is 21.1 Å². The molecule has 0 radical (unpaired) electrons. The molecule has 0 aliphatic carbocycles. The van der Waals surface area contributed by atoms with Crippen LogP contribution >= 0.6 is 11.3 Å². The molecule has 0 spiro atoms. The Kier molecular flexibility index (Phi) is 5.98. The van der Waals surface area contributed by atoms with Crippen LogP contribution in [-0.4, -0.2) is 32.1 Å². The molecular weight excluding hydrogens is 306 g/mol. The maximum absolute atomic E-state index is 4.53. The molecule has 1 aromatic heterocycles. The van der Waals surface area contributed by atoms with E-state index in [2.05, 4.69) is 56.7 Å². The van der Waals surface area contributed by atoms with Gasteiger partial charge in [0.05, 0.1) is 12.2 Å². The Balaban J connectivity index is 1.89. The molecule has 2 rings (SSSR count). The highest BCUT2D eigenvalue weighted by Gasteiger charge is 2.05. The Labute approximate surface area is 142 Å². The van der Waals surface area contributed by atoms with Gasteiger partial charge in [0, 0.05) is 38.3 Å². The molecule has 0 aliphatic rings. The molecule has 0 saturated carbocycles. The van der Waals surface area contributed by atoms with Gasteiger partial charge in [-0.25, -0.2) is 4.98 Å². The van der Waals surface area contributed by atoms with Crippen LogP contribution < -0.4 is 15.5 Å². The van der Waals surface area contributed by atoms with E-state index in [4.69, 9.17) is 0 Å². The van der Waals surface area contributed by atoms with E-state index in [0.29, 0.717) is 6.54 Å². The normalized spacial score (nSPS) is 11.4. The fraction of sp³-hybridized carbons (Fsp3) is 0.412. The first-order chi connectivity index (χ1) is 11.0. The van der Waals surface area contributed by atoms with Gasteiger partial charge < -0.3 is 15.5 Å². The first kappa shape index (κ1) is 17.3. The molecule has 1 heterocycles. The molecule has 0 unspecified atom stereocenters. The van der Waals surface area contributed by atoms with Crippen molar-refractivity contribution in [2.75, 3.05) is 26.0 Å². The first-order valence-electron chi connectivity index (χ1n) is 7.63. The van der Waals surface area contributed by atoms with E-state index >= 15 is 0 Å². The number of aryl methyl sites for hydroxylation is 2. The quantitative estimate of drug-likeness (QED) is 0.653. The van der Waals surface area contributed by atoms with Crippen molar-refractivity contribution in [1.29, 1.82) is 0 Å². The molecule has 0 fully saturated rings. The Bertz CT molecular complexity index is 656. The van der Waals surface area contributed by atoms with Gasteiger partial charge in [-0.3, -0.25) is 4.99 Å². The third-order valence-electron chi connectivity index (χ3n) is 3.59. The Morgan fingerprint density at radius 2 is 1.96 bits per heavy atom. The number of nitrogens with one attached hydrogen (secondary N) is 2. The highest BCUT2D eigenvalue weighted by molar-refractivity contribution is 7.11. The second-order valence-corrected chi connectivity index (χ2v) is 6.88. The minimum atomic E-state index is 0.691. The molecule has 1 aromatic carbocycles. The number of guanidine groups is 1. The van der Waals surface area contributed by atoms with E-state index < -0.39 is 0 Å². The van der Waals surface area contributed by atoms with Gasteiger partial charge >= 0.3 is 0 Å². The lowest BCUT2D eigenvalue weighted by Crippen LogP contribution is -2.36. The zero-order valence-corrected chi connectivity index (χ0v) is 15.3. The monoisotopic (exact) mass is 331 g/mol. The summed E-state index contributed by atoms with van der Waals surface area (Å²) in [5.41, 5.74) is 3.52. The maximum atomic E-state index is 4.53. The fourth-order valence-corrected chi connectivity index (χ4v) is 3.00. The molecule has 0 amide bonds. The van der Waals surface area contributed by atoms with Crippen molar-refractivity contribution in [2.24, 2.45) is 4.99 Å². The van der Waals surface area contributed by atoms with Crippen LogP contribution in [-0.2, 0) is 13.1 Å². The molecule has 0 bridgehead atoms. The lowest BCUT2D eigenvalue weighted by molar-refractivity contribution is 0.803. The van der Waals surface area contributed by atoms with E-state index in [-0.39, 0.29) is 0 Å². The Morgan fingerprint density at radius 3 is 2.57 bits per heavy atom. The van der Waals surface area contributed by atoms with Gasteiger partial charge in [0.25, 0.3) is 0 Å². The van der Waals surface area contributed by atoms with E-state index in [9.17, 15) is 0 Å². The van der Waals surface area contributed by atoms with E-state index in [0.717, 1.165) is 23.2 Å². The summed E-state index contributed by atoms with van der Waals surface area (Å²) in [6.45, 7) is 5.56. The average Bonchev–Trinajstić information content (AvgIpc) is 2.86. The highest BCUT2D eigenvalue weighted by Crippen LogP contribution is 2.16. The van der Waals surface area contributed by atoms with E-state index in [1.54, 1.807) is 18.4 Å². The minimum Gasteiger partial charge on any atom is -0.378 e. The van der Waals surface area contributed by atoms with Crippen molar-refractivity contribution in [3.05, 3.63) is 45.4 Å². The molecule has 0 aliphatic heterocycles. The summed E-state index contributed by atoms with van der Waals surface area (Å²) in [4.78, 5) is 12.2. The predicted octanol–water partition coefficient (Wildman–Crippen LogP) is 2.69. The summed E-state index contributed by atoms with van der Waals surface area (Å²) in [6, 6.07) is 8.46. The fourth-order valence-electron chi connectivity index (χ4n) is 2.13. The number of nitrogens with zero attached hydrogens (tertiary/aromatic N) is 3. The molecule has 2 aromatic rings. The predicted molar refractivity (Wildman–Crippen MR) is 99.4 cm³/mol. The van der Waals surface area contributed by atoms with Crippen molar-refractivity contribution >= 4 is 23.0 Å². The molecule has 0 atom stereocenters. The van der Waals surface area contributed by atoms with Crippen molar-refractivity contribution in [3.8, 4) is 0 Å². The summed E-state index contributed by atoms with van der Waals surface area (Å²) < 4.78 is 0. The first-order valence-corrected chi connectivity index (χ1v) is 8.45. The number of anilines is 1. The van der Waals surface area contributed by atoms with Gasteiger partial charge in [-0.15, -0.1) is 11.3 Å². The summed E-state index contributed by atoms with van der Waals surface area (Å²) in [6.07, 6.45) is 0. The lowest BCUT2D eigenvalue weighted by atomic mass is 10.2. The molecule has 23 heavy (non-hydrogen) atoms. The highest BCUT2D eigenvalue weighted by atomic mass is 32.1. The molecule has 5 nitrogen and oxygen atoms in total. The summed E-state index contributed by atoms with van der Waals surface area (Å²) in [5.74, 6) is 0.783. The largest absolute Gasteiger partial charge is 0.378 e. The number of aliphatic imine (C=N–C) groups is 1. The van der Waals surface area contributed by atoms with Crippen LogP contribution in [0.4, 0.5) is 5.69 Å². The van der Waals surface area contributed by atoms with Crippen LogP contribution in [0.15, 0.2) is 29.3 Å². The second-order valence-electron chi connectivity index (χ2n) is 5.59. The van der Waals surface area contributed by atoms with Crippen molar-refractivity contribution in [1.82, 2.24) is 15.6 Å². The van der Waals surface area contributed by atoms with E-state index in [1.807, 2.05) is 21.0 Å². The van der Waals surface area contributed by atoms with Gasteiger partial charge in [0.2, 0.25) is 0 Å². The van der Waals surface area contributed by atoms with Gasteiger partial charge in [-0.05, 0) is 31.5 Å². The number of hydrogen-bond acceptors (Lipinski definition) is 4. The molecule has 124 valence electrons. The molecular formula is C17H25N5S. The maximum Gasteiger partial charge on any atom is 0.191 e. The van der Waals surface area contributed by atoms with E-state index in [1.165, 1.54) is 16.1 Å². The SMILES string of the molecule is CN=C(NCc1cccc(N(C)C)c1)NCc1nc(C)c(C)s1. The lowest BCUT2D eigenvalue weighted by Gasteiger charge is -2.15. The van der Waals surface area contributed by atoms with Gasteiger partial charge in [0.15, 0.2) is 5.96 Å². The standard InChI is InChI=1S/C17H25N5S/c1-12-13(2)23-16(21-12)11-20-17(18-3)19-10-14-7-6-8-15(9-14)22(4)5/h6-9H,10-11H2,1-5H3,(H2,18,19,20). The van der Waals surface area contributed by atoms with Crippen LogP contribution in [0.3, 0.4) is 0 Å². The minimum absolute atomic E-state index is 0.691. The summed E-state index contributed by atoms with van der Waals surface area (Å²) in [5, 5.41) is 7.73.